The Bertz CT molecular complexity index is 492. The van der Waals surface area contributed by atoms with Crippen LogP contribution in [0.4, 0.5) is 0 Å². The number of aryl methyl sites for hydroxylation is 1. The second kappa shape index (κ2) is 7.55. The highest BCUT2D eigenvalue weighted by Crippen LogP contribution is 2.24. The van der Waals surface area contributed by atoms with E-state index >= 15 is 0 Å². The summed E-state index contributed by atoms with van der Waals surface area (Å²) in [4.78, 5) is 15.3. The van der Waals surface area contributed by atoms with E-state index in [1.807, 2.05) is 36.1 Å². The Hall–Kier alpha value is -1.42. The largest absolute Gasteiger partial charge is 0.393 e. The predicted octanol–water partition coefficient (Wildman–Crippen LogP) is 3.45. The highest BCUT2D eigenvalue weighted by atomic mass is 32.1. The topological polar surface area (TPSA) is 46.3 Å². The molecule has 1 aromatic rings. The van der Waals surface area contributed by atoms with Crippen molar-refractivity contribution in [3.05, 3.63) is 35.4 Å². The monoisotopic (exact) mass is 304 g/mol. The minimum absolute atomic E-state index is 0.109. The summed E-state index contributed by atoms with van der Waals surface area (Å²) in [6.07, 6.45) is 6.47. The van der Waals surface area contributed by atoms with E-state index in [0.29, 0.717) is 24.0 Å². The predicted molar refractivity (Wildman–Crippen MR) is 90.5 cm³/mol. The molecule has 0 aliphatic heterocycles. The molecule has 1 aromatic carbocycles. The van der Waals surface area contributed by atoms with E-state index in [9.17, 15) is 4.79 Å². The van der Waals surface area contributed by atoms with E-state index in [4.69, 9.17) is 18.0 Å². The van der Waals surface area contributed by atoms with Crippen molar-refractivity contribution in [2.45, 2.75) is 51.5 Å². The molecule has 4 heteroatoms. The summed E-state index contributed by atoms with van der Waals surface area (Å²) in [5.41, 5.74) is 7.55. The molecule has 1 saturated carbocycles. The second-order valence-corrected chi connectivity index (χ2v) is 6.40. The minimum Gasteiger partial charge on any atom is -0.393 e. The first-order chi connectivity index (χ1) is 10.1. The van der Waals surface area contributed by atoms with E-state index in [2.05, 4.69) is 0 Å². The molecule has 21 heavy (non-hydrogen) atoms. The summed E-state index contributed by atoms with van der Waals surface area (Å²) in [5.74, 6) is 0.109. The number of hydrogen-bond acceptors (Lipinski definition) is 2. The molecule has 0 unspecified atom stereocenters. The van der Waals surface area contributed by atoms with E-state index in [1.165, 1.54) is 24.8 Å². The first kappa shape index (κ1) is 16.0. The Morgan fingerprint density at radius 1 is 1.24 bits per heavy atom. The van der Waals surface area contributed by atoms with Gasteiger partial charge in [0.1, 0.15) is 0 Å². The maximum absolute atomic E-state index is 12.8. The summed E-state index contributed by atoms with van der Waals surface area (Å²) in [7, 11) is 0. The van der Waals surface area contributed by atoms with Crippen LogP contribution in [0.5, 0.6) is 0 Å². The van der Waals surface area contributed by atoms with Crippen LogP contribution < -0.4 is 5.73 Å². The lowest BCUT2D eigenvalue weighted by Crippen LogP contribution is -2.43. The van der Waals surface area contributed by atoms with Crippen molar-refractivity contribution in [1.82, 2.24) is 4.90 Å². The van der Waals surface area contributed by atoms with Gasteiger partial charge in [0.15, 0.2) is 0 Å². The van der Waals surface area contributed by atoms with Crippen molar-refractivity contribution in [2.75, 3.05) is 6.54 Å². The van der Waals surface area contributed by atoms with Gasteiger partial charge in [-0.05, 0) is 31.9 Å². The van der Waals surface area contributed by atoms with Gasteiger partial charge in [0, 0.05) is 24.6 Å². The molecule has 2 N–H and O–H groups in total. The van der Waals surface area contributed by atoms with Gasteiger partial charge in [-0.2, -0.15) is 0 Å². The third-order valence-corrected chi connectivity index (χ3v) is 4.38. The van der Waals surface area contributed by atoms with Crippen molar-refractivity contribution in [3.63, 3.8) is 0 Å². The van der Waals surface area contributed by atoms with Crippen LogP contribution in [-0.2, 0) is 0 Å². The molecule has 0 radical (unpaired) electrons. The quantitative estimate of drug-likeness (QED) is 0.848. The number of benzene rings is 1. The molecule has 114 valence electrons. The lowest BCUT2D eigenvalue weighted by atomic mass is 9.93. The maximum atomic E-state index is 12.8. The molecule has 0 heterocycles. The number of carbonyl (C=O) groups excluding carboxylic acids is 1. The molecule has 0 atom stereocenters. The number of rotatable bonds is 5. The lowest BCUT2D eigenvalue weighted by Gasteiger charge is -2.34. The normalized spacial score (nSPS) is 15.7. The molecule has 1 aliphatic carbocycles. The summed E-state index contributed by atoms with van der Waals surface area (Å²) < 4.78 is 0. The highest BCUT2D eigenvalue weighted by molar-refractivity contribution is 7.80. The summed E-state index contributed by atoms with van der Waals surface area (Å²) >= 11 is 4.98. The molecule has 1 aliphatic rings. The Morgan fingerprint density at radius 3 is 2.43 bits per heavy atom. The number of nitrogens with two attached hydrogens (primary N) is 1. The molecule has 1 fully saturated rings. The fraction of sp³-hybridized carbons (Fsp3) is 0.529. The molecule has 0 aromatic heterocycles. The van der Waals surface area contributed by atoms with Gasteiger partial charge in [-0.1, -0.05) is 49.2 Å². The number of thiocarbonyl (C=S) groups is 1. The zero-order valence-electron chi connectivity index (χ0n) is 12.7. The van der Waals surface area contributed by atoms with Gasteiger partial charge in [-0.25, -0.2) is 0 Å². The summed E-state index contributed by atoms with van der Waals surface area (Å²) in [6.45, 7) is 2.66. The van der Waals surface area contributed by atoms with Crippen LogP contribution in [0.25, 0.3) is 0 Å². The molecule has 3 nitrogen and oxygen atoms in total. The molecule has 0 saturated heterocycles. The number of nitrogens with zero attached hydrogens (tertiary/aromatic N) is 1. The average molecular weight is 304 g/mol. The molecule has 0 bridgehead atoms. The zero-order chi connectivity index (χ0) is 15.2. The minimum atomic E-state index is 0.109. The van der Waals surface area contributed by atoms with Crippen molar-refractivity contribution >= 4 is 23.1 Å². The third kappa shape index (κ3) is 4.53. The fourth-order valence-electron chi connectivity index (χ4n) is 2.94. The van der Waals surface area contributed by atoms with E-state index < -0.39 is 0 Å². The number of carbonyl (C=O) groups is 1. The average Bonchev–Trinajstić information content (AvgIpc) is 2.49. The van der Waals surface area contributed by atoms with Gasteiger partial charge >= 0.3 is 0 Å². The van der Waals surface area contributed by atoms with Crippen LogP contribution in [0.3, 0.4) is 0 Å². The SMILES string of the molecule is Cc1ccc(C(=O)N(CCC(N)=S)C2CCCCC2)cc1. The molecule has 2 rings (SSSR count). The van der Waals surface area contributed by atoms with E-state index in [-0.39, 0.29) is 5.91 Å². The molecule has 0 spiro atoms. The molecule has 1 amide bonds. The third-order valence-electron chi connectivity index (χ3n) is 4.17. The first-order valence-corrected chi connectivity index (χ1v) is 8.14. The number of amides is 1. The Balaban J connectivity index is 2.14. The standard InChI is InChI=1S/C17H24N2OS/c1-13-7-9-14(10-8-13)17(20)19(12-11-16(18)21)15-5-3-2-4-6-15/h7-10,15H,2-6,11-12H2,1H3,(H2,18,21). The molecular weight excluding hydrogens is 280 g/mol. The van der Waals surface area contributed by atoms with Crippen LogP contribution in [0, 0.1) is 6.92 Å². The van der Waals surface area contributed by atoms with Crippen molar-refractivity contribution in [2.24, 2.45) is 5.73 Å². The molecular formula is C17H24N2OS. The Kier molecular flexibility index (Phi) is 5.74. The van der Waals surface area contributed by atoms with Gasteiger partial charge in [-0.3, -0.25) is 4.79 Å². The number of hydrogen-bond donors (Lipinski definition) is 1. The summed E-state index contributed by atoms with van der Waals surface area (Å²) in [6, 6.07) is 8.13. The van der Waals surface area contributed by atoms with Crippen molar-refractivity contribution in [3.8, 4) is 0 Å². The smallest absolute Gasteiger partial charge is 0.254 e. The van der Waals surface area contributed by atoms with Crippen molar-refractivity contribution < 1.29 is 4.79 Å². The second-order valence-electron chi connectivity index (χ2n) is 5.87. The van der Waals surface area contributed by atoms with Crippen LogP contribution in [0.15, 0.2) is 24.3 Å². The Morgan fingerprint density at radius 2 is 1.86 bits per heavy atom. The van der Waals surface area contributed by atoms with Crippen molar-refractivity contribution in [1.29, 1.82) is 0 Å². The lowest BCUT2D eigenvalue weighted by molar-refractivity contribution is 0.0641. The van der Waals surface area contributed by atoms with Gasteiger partial charge in [-0.15, -0.1) is 0 Å². The summed E-state index contributed by atoms with van der Waals surface area (Å²) in [5, 5.41) is 0. The van der Waals surface area contributed by atoms with Crippen LogP contribution in [0.1, 0.15) is 54.4 Å². The van der Waals surface area contributed by atoms with Gasteiger partial charge in [0.05, 0.1) is 4.99 Å². The highest BCUT2D eigenvalue weighted by Gasteiger charge is 2.26. The van der Waals surface area contributed by atoms with Crippen LogP contribution in [0.2, 0.25) is 0 Å². The van der Waals surface area contributed by atoms with E-state index in [0.717, 1.165) is 18.4 Å². The Labute approximate surface area is 132 Å². The van der Waals surface area contributed by atoms with Gasteiger partial charge in [0.2, 0.25) is 0 Å². The van der Waals surface area contributed by atoms with Crippen LogP contribution in [-0.4, -0.2) is 28.4 Å². The fourth-order valence-corrected chi connectivity index (χ4v) is 3.03. The van der Waals surface area contributed by atoms with E-state index in [1.54, 1.807) is 0 Å². The van der Waals surface area contributed by atoms with Crippen LogP contribution >= 0.6 is 12.2 Å². The zero-order valence-corrected chi connectivity index (χ0v) is 13.5. The van der Waals surface area contributed by atoms with Gasteiger partial charge in [0.25, 0.3) is 5.91 Å². The first-order valence-electron chi connectivity index (χ1n) is 7.74. The van der Waals surface area contributed by atoms with Gasteiger partial charge < -0.3 is 10.6 Å². The maximum Gasteiger partial charge on any atom is 0.254 e.